The normalized spacial score (nSPS) is 13.5. The molecule has 0 saturated heterocycles. The molecule has 0 saturated carbocycles. The first-order valence-corrected chi connectivity index (χ1v) is 11.8. The van der Waals surface area contributed by atoms with Gasteiger partial charge in [0.2, 0.25) is 5.78 Å². The lowest BCUT2D eigenvalue weighted by Gasteiger charge is -2.09. The summed E-state index contributed by atoms with van der Waals surface area (Å²) >= 11 is 0. The molecule has 0 fully saturated rings. The Kier molecular flexibility index (Phi) is 5.49. The molecule has 1 amide bonds. The van der Waals surface area contributed by atoms with E-state index in [0.29, 0.717) is 28.2 Å². The number of amides is 1. The van der Waals surface area contributed by atoms with Gasteiger partial charge in [0.15, 0.2) is 5.76 Å². The molecule has 0 aliphatic carbocycles. The lowest BCUT2D eigenvalue weighted by atomic mass is 9.98. The summed E-state index contributed by atoms with van der Waals surface area (Å²) in [6.07, 6.45) is 5.17. The number of halogens is 1. The van der Waals surface area contributed by atoms with Crippen molar-refractivity contribution in [3.8, 4) is 22.6 Å². The highest BCUT2D eigenvalue weighted by Gasteiger charge is 2.30. The van der Waals surface area contributed by atoms with E-state index in [1.165, 1.54) is 30.3 Å². The molecule has 7 nitrogen and oxygen atoms in total. The second-order valence-corrected chi connectivity index (χ2v) is 8.88. The van der Waals surface area contributed by atoms with Gasteiger partial charge in [0.1, 0.15) is 28.5 Å². The zero-order chi connectivity index (χ0) is 26.4. The third-order valence-corrected chi connectivity index (χ3v) is 6.39. The Balaban J connectivity index is 1.40. The summed E-state index contributed by atoms with van der Waals surface area (Å²) in [5, 5.41) is 13.7. The first kappa shape index (κ1) is 23.2. The molecule has 8 heteroatoms. The van der Waals surface area contributed by atoms with E-state index >= 15 is 0 Å². The SMILES string of the molecule is Cn1cc(C=C2Oc3cccc(O)c3C2=O)c2c(-c3cccc(C(=O)Nc4ccc(F)cc4)c3)ccnc21. The fourth-order valence-corrected chi connectivity index (χ4v) is 4.61. The van der Waals surface area contributed by atoms with Gasteiger partial charge >= 0.3 is 0 Å². The van der Waals surface area contributed by atoms with Crippen molar-refractivity contribution >= 4 is 34.5 Å². The largest absolute Gasteiger partial charge is 0.507 e. The molecule has 5 aromatic rings. The van der Waals surface area contributed by atoms with E-state index in [-0.39, 0.29) is 28.8 Å². The van der Waals surface area contributed by atoms with Crippen molar-refractivity contribution in [3.63, 3.8) is 0 Å². The summed E-state index contributed by atoms with van der Waals surface area (Å²) in [7, 11) is 1.85. The minimum Gasteiger partial charge on any atom is -0.507 e. The maximum Gasteiger partial charge on any atom is 0.255 e. The number of Topliss-reactive ketones (excluding diaryl/α,β-unsaturated/α-hetero) is 1. The van der Waals surface area contributed by atoms with Gasteiger partial charge in [-0.1, -0.05) is 18.2 Å². The second-order valence-electron chi connectivity index (χ2n) is 8.88. The van der Waals surface area contributed by atoms with Crippen LogP contribution in [0.2, 0.25) is 0 Å². The molecule has 2 aromatic heterocycles. The number of aromatic nitrogens is 2. The van der Waals surface area contributed by atoms with Crippen molar-refractivity contribution in [2.45, 2.75) is 0 Å². The number of anilines is 1. The summed E-state index contributed by atoms with van der Waals surface area (Å²) in [5.74, 6) is -0.852. The highest BCUT2D eigenvalue weighted by Crippen LogP contribution is 2.39. The molecule has 1 aliphatic rings. The average Bonchev–Trinajstić information content (AvgIpc) is 3.42. The van der Waals surface area contributed by atoms with Crippen LogP contribution < -0.4 is 10.1 Å². The van der Waals surface area contributed by atoms with Crippen LogP contribution in [0, 0.1) is 5.82 Å². The number of hydrogen-bond donors (Lipinski definition) is 2. The molecule has 186 valence electrons. The number of nitrogens with one attached hydrogen (secondary N) is 1. The number of pyridine rings is 1. The van der Waals surface area contributed by atoms with Crippen LogP contribution in [0.25, 0.3) is 28.2 Å². The fraction of sp³-hybridized carbons (Fsp3) is 0.0333. The van der Waals surface area contributed by atoms with E-state index in [2.05, 4.69) is 10.3 Å². The number of ketones is 1. The minimum absolute atomic E-state index is 0.0937. The van der Waals surface area contributed by atoms with Gasteiger partial charge < -0.3 is 19.7 Å². The monoisotopic (exact) mass is 505 g/mol. The van der Waals surface area contributed by atoms with Crippen LogP contribution in [0.1, 0.15) is 26.3 Å². The van der Waals surface area contributed by atoms with Crippen LogP contribution in [-0.2, 0) is 7.05 Å². The molecule has 0 spiro atoms. The maximum atomic E-state index is 13.2. The quantitative estimate of drug-likeness (QED) is 0.294. The van der Waals surface area contributed by atoms with E-state index in [1.807, 2.05) is 29.9 Å². The number of phenols is 1. The van der Waals surface area contributed by atoms with Gasteiger partial charge in [-0.25, -0.2) is 9.37 Å². The van der Waals surface area contributed by atoms with Crippen LogP contribution in [-0.4, -0.2) is 26.3 Å². The Morgan fingerprint density at radius 1 is 1.08 bits per heavy atom. The number of aromatic hydroxyl groups is 1. The van der Waals surface area contributed by atoms with Crippen molar-refractivity contribution in [1.29, 1.82) is 0 Å². The van der Waals surface area contributed by atoms with Gasteiger partial charge in [-0.05, 0) is 71.8 Å². The summed E-state index contributed by atoms with van der Waals surface area (Å²) < 4.78 is 20.8. The number of phenolic OH excluding ortho intramolecular Hbond substituents is 1. The molecular formula is C30H20FN3O4. The highest BCUT2D eigenvalue weighted by atomic mass is 19.1. The first-order chi connectivity index (χ1) is 18.4. The first-order valence-electron chi connectivity index (χ1n) is 11.8. The Labute approximate surface area is 216 Å². The summed E-state index contributed by atoms with van der Waals surface area (Å²) in [4.78, 5) is 30.4. The number of allylic oxidation sites excluding steroid dienone is 1. The van der Waals surface area contributed by atoms with Gasteiger partial charge in [0, 0.05) is 41.6 Å². The van der Waals surface area contributed by atoms with Crippen LogP contribution in [0.15, 0.2) is 90.9 Å². The zero-order valence-electron chi connectivity index (χ0n) is 20.1. The summed E-state index contributed by atoms with van der Waals surface area (Å²) in [6, 6.07) is 19.2. The number of rotatable bonds is 4. The highest BCUT2D eigenvalue weighted by molar-refractivity contribution is 6.17. The topological polar surface area (TPSA) is 93.5 Å². The number of benzene rings is 3. The summed E-state index contributed by atoms with van der Waals surface area (Å²) in [5.41, 5.74) is 4.01. The number of ether oxygens (including phenoxy) is 1. The standard InChI is InChI=1S/C30H20FN3O4/c1-34-16-19(15-25-28(36)27-23(35)6-3-7-24(27)38-25)26-22(12-13-32-29(26)34)17-4-2-5-18(14-17)30(37)33-21-10-8-20(31)9-11-21/h2-16,35H,1H3,(H,33,37). The average molecular weight is 506 g/mol. The third-order valence-electron chi connectivity index (χ3n) is 6.39. The lowest BCUT2D eigenvalue weighted by molar-refractivity contribution is 0.101. The number of carbonyl (C=O) groups excluding carboxylic acids is 2. The fourth-order valence-electron chi connectivity index (χ4n) is 4.61. The molecule has 38 heavy (non-hydrogen) atoms. The predicted molar refractivity (Wildman–Crippen MR) is 142 cm³/mol. The van der Waals surface area contributed by atoms with Crippen molar-refractivity contribution in [2.75, 3.05) is 5.32 Å². The van der Waals surface area contributed by atoms with Crippen LogP contribution in [0.3, 0.4) is 0 Å². The summed E-state index contributed by atoms with van der Waals surface area (Å²) in [6.45, 7) is 0. The number of aryl methyl sites for hydroxylation is 1. The molecule has 0 unspecified atom stereocenters. The second kappa shape index (κ2) is 9.01. The molecule has 6 rings (SSSR count). The van der Waals surface area contributed by atoms with Crippen LogP contribution in [0.5, 0.6) is 11.5 Å². The van der Waals surface area contributed by atoms with Gasteiger partial charge in [-0.3, -0.25) is 9.59 Å². The van der Waals surface area contributed by atoms with E-state index < -0.39 is 5.78 Å². The Morgan fingerprint density at radius 3 is 2.66 bits per heavy atom. The van der Waals surface area contributed by atoms with Gasteiger partial charge in [-0.15, -0.1) is 0 Å². The Bertz CT molecular complexity index is 1790. The number of fused-ring (bicyclic) bond motifs is 2. The molecular weight excluding hydrogens is 485 g/mol. The van der Waals surface area contributed by atoms with Crippen LogP contribution >= 0.6 is 0 Å². The zero-order valence-corrected chi connectivity index (χ0v) is 20.1. The number of nitrogens with zero attached hydrogens (tertiary/aromatic N) is 2. The lowest BCUT2D eigenvalue weighted by Crippen LogP contribution is -2.11. The minimum atomic E-state index is -0.403. The van der Waals surface area contributed by atoms with Crippen molar-refractivity contribution < 1.29 is 23.8 Å². The number of carbonyl (C=O) groups is 2. The van der Waals surface area contributed by atoms with E-state index in [1.54, 1.807) is 42.6 Å². The van der Waals surface area contributed by atoms with Crippen molar-refractivity contribution in [2.24, 2.45) is 7.05 Å². The Morgan fingerprint density at radius 2 is 1.87 bits per heavy atom. The van der Waals surface area contributed by atoms with Crippen molar-refractivity contribution in [1.82, 2.24) is 9.55 Å². The predicted octanol–water partition coefficient (Wildman–Crippen LogP) is 5.95. The third kappa shape index (κ3) is 3.98. The molecule has 0 atom stereocenters. The van der Waals surface area contributed by atoms with Crippen LogP contribution in [0.4, 0.5) is 10.1 Å². The van der Waals surface area contributed by atoms with E-state index in [4.69, 9.17) is 4.74 Å². The molecule has 0 bridgehead atoms. The molecule has 2 N–H and O–H groups in total. The van der Waals surface area contributed by atoms with E-state index in [9.17, 15) is 19.1 Å². The van der Waals surface area contributed by atoms with Gasteiger partial charge in [0.25, 0.3) is 5.91 Å². The van der Waals surface area contributed by atoms with Gasteiger partial charge in [0.05, 0.1) is 0 Å². The molecule has 3 heterocycles. The maximum absolute atomic E-state index is 13.2. The molecule has 3 aromatic carbocycles. The van der Waals surface area contributed by atoms with Gasteiger partial charge in [-0.2, -0.15) is 0 Å². The molecule has 1 aliphatic heterocycles. The van der Waals surface area contributed by atoms with Crippen molar-refractivity contribution in [3.05, 3.63) is 113 Å². The number of hydrogen-bond acceptors (Lipinski definition) is 5. The Hall–Kier alpha value is -5.24. The molecule has 0 radical (unpaired) electrons. The van der Waals surface area contributed by atoms with E-state index in [0.717, 1.165) is 16.5 Å². The smallest absolute Gasteiger partial charge is 0.255 e.